The lowest BCUT2D eigenvalue weighted by Crippen LogP contribution is -2.62. The average molecular weight is 376 g/mol. The molecule has 0 saturated carbocycles. The molecule has 0 unspecified atom stereocenters. The van der Waals surface area contributed by atoms with Gasteiger partial charge in [-0.15, -0.1) is 11.3 Å². The maximum atomic E-state index is 12.4. The van der Waals surface area contributed by atoms with Crippen LogP contribution in [0.1, 0.15) is 28.1 Å². The first-order valence-corrected chi connectivity index (χ1v) is 9.51. The van der Waals surface area contributed by atoms with E-state index >= 15 is 0 Å². The Kier molecular flexibility index (Phi) is 4.17. The minimum absolute atomic E-state index is 0.116. The van der Waals surface area contributed by atoms with Gasteiger partial charge in [0.05, 0.1) is 12.0 Å². The first-order valence-electron chi connectivity index (χ1n) is 8.25. The van der Waals surface area contributed by atoms with Crippen LogP contribution in [0.2, 0.25) is 5.02 Å². The van der Waals surface area contributed by atoms with Gasteiger partial charge in [0.1, 0.15) is 5.66 Å². The van der Waals surface area contributed by atoms with Crippen LogP contribution in [0.15, 0.2) is 35.7 Å². The van der Waals surface area contributed by atoms with Gasteiger partial charge in [0.15, 0.2) is 0 Å². The lowest BCUT2D eigenvalue weighted by molar-refractivity contribution is -0.131. The van der Waals surface area contributed by atoms with Gasteiger partial charge in [0, 0.05) is 41.5 Å². The zero-order valence-electron chi connectivity index (χ0n) is 13.5. The van der Waals surface area contributed by atoms with Crippen LogP contribution < -0.4 is 10.6 Å². The van der Waals surface area contributed by atoms with E-state index in [-0.39, 0.29) is 11.8 Å². The largest absolute Gasteiger partial charge is 0.362 e. The maximum absolute atomic E-state index is 12.4. The number of fused-ring (bicyclic) bond motifs is 1. The van der Waals surface area contributed by atoms with Gasteiger partial charge in [-0.3, -0.25) is 9.59 Å². The average Bonchev–Trinajstić information content (AvgIpc) is 3.09. The van der Waals surface area contributed by atoms with Gasteiger partial charge in [-0.25, -0.2) is 0 Å². The molecule has 25 heavy (non-hydrogen) atoms. The number of nitrogens with one attached hydrogen (secondary N) is 2. The number of amides is 2. The van der Waals surface area contributed by atoms with Crippen LogP contribution in [0.5, 0.6) is 0 Å². The Morgan fingerprint density at radius 2 is 2.04 bits per heavy atom. The van der Waals surface area contributed by atoms with Crippen molar-refractivity contribution in [2.45, 2.75) is 24.9 Å². The lowest BCUT2D eigenvalue weighted by Gasteiger charge is -2.46. The van der Waals surface area contributed by atoms with Crippen molar-refractivity contribution < 1.29 is 9.59 Å². The molecule has 2 amide bonds. The van der Waals surface area contributed by atoms with Crippen LogP contribution in [0.3, 0.4) is 0 Å². The minimum Gasteiger partial charge on any atom is -0.362 e. The van der Waals surface area contributed by atoms with Crippen LogP contribution >= 0.6 is 22.9 Å². The van der Waals surface area contributed by atoms with Crippen LogP contribution in [0, 0.1) is 0 Å². The Hall–Kier alpha value is -2.05. The molecule has 0 atom stereocenters. The van der Waals surface area contributed by atoms with Gasteiger partial charge in [-0.2, -0.15) is 0 Å². The third kappa shape index (κ3) is 3.24. The van der Waals surface area contributed by atoms with E-state index in [1.54, 1.807) is 23.5 Å². The summed E-state index contributed by atoms with van der Waals surface area (Å²) in [7, 11) is 0. The Morgan fingerprint density at radius 3 is 2.76 bits per heavy atom. The SMILES string of the molecule is O=C1NC2(CCN(C(=O)Cc3cccs3)CC2)Nc2ccc(Cl)cc21. The number of rotatable bonds is 2. The summed E-state index contributed by atoms with van der Waals surface area (Å²) in [4.78, 5) is 27.9. The molecule has 130 valence electrons. The maximum Gasteiger partial charge on any atom is 0.255 e. The third-order valence-electron chi connectivity index (χ3n) is 4.83. The number of halogens is 1. The van der Waals surface area contributed by atoms with E-state index < -0.39 is 5.66 Å². The summed E-state index contributed by atoms with van der Waals surface area (Å²) < 4.78 is 0. The predicted octanol–water partition coefficient (Wildman–Crippen LogP) is 3.12. The minimum atomic E-state index is -0.488. The van der Waals surface area contributed by atoms with Gasteiger partial charge in [-0.05, 0) is 29.6 Å². The molecule has 1 aromatic heterocycles. The first kappa shape index (κ1) is 16.4. The van der Waals surface area contributed by atoms with Crippen molar-refractivity contribution >= 4 is 40.4 Å². The summed E-state index contributed by atoms with van der Waals surface area (Å²) in [6, 6.07) is 9.24. The van der Waals surface area contributed by atoms with Gasteiger partial charge in [0.2, 0.25) is 5.91 Å². The van der Waals surface area contributed by atoms with E-state index in [0.717, 1.165) is 10.6 Å². The van der Waals surface area contributed by atoms with E-state index in [4.69, 9.17) is 11.6 Å². The molecule has 1 saturated heterocycles. The van der Waals surface area contributed by atoms with Crippen molar-refractivity contribution in [3.05, 3.63) is 51.2 Å². The molecule has 1 fully saturated rings. The molecule has 2 N–H and O–H groups in total. The fourth-order valence-corrected chi connectivity index (χ4v) is 4.32. The number of piperidine rings is 1. The van der Waals surface area contributed by atoms with Crippen molar-refractivity contribution in [3.63, 3.8) is 0 Å². The monoisotopic (exact) mass is 375 g/mol. The Morgan fingerprint density at radius 1 is 1.24 bits per heavy atom. The van der Waals surface area contributed by atoms with Gasteiger partial charge >= 0.3 is 0 Å². The van der Waals surface area contributed by atoms with Crippen molar-refractivity contribution in [2.24, 2.45) is 0 Å². The van der Waals surface area contributed by atoms with Gasteiger partial charge < -0.3 is 15.5 Å². The fourth-order valence-electron chi connectivity index (χ4n) is 3.45. The number of benzene rings is 1. The molecule has 0 radical (unpaired) electrons. The molecule has 2 aliphatic heterocycles. The summed E-state index contributed by atoms with van der Waals surface area (Å²) >= 11 is 7.58. The van der Waals surface area contributed by atoms with Crippen LogP contribution in [0.4, 0.5) is 5.69 Å². The van der Waals surface area contributed by atoms with Crippen LogP contribution in [-0.2, 0) is 11.2 Å². The number of carbonyl (C=O) groups is 2. The zero-order valence-corrected chi connectivity index (χ0v) is 15.1. The summed E-state index contributed by atoms with van der Waals surface area (Å²) in [5, 5.41) is 9.05. The van der Waals surface area contributed by atoms with E-state index in [1.807, 2.05) is 28.5 Å². The molecule has 1 aromatic carbocycles. The Labute approximate surface area is 155 Å². The van der Waals surface area contributed by atoms with Crippen molar-refractivity contribution in [1.82, 2.24) is 10.2 Å². The fraction of sp³-hybridized carbons (Fsp3) is 0.333. The molecule has 3 heterocycles. The molecule has 2 aliphatic rings. The normalized spacial score (nSPS) is 18.4. The number of likely N-dealkylation sites (tertiary alicyclic amines) is 1. The standard InChI is InChI=1S/C18H18ClN3O2S/c19-12-3-4-15-14(10-12)17(24)21-18(20-15)5-7-22(8-6-18)16(23)11-13-2-1-9-25-13/h1-4,9-10,20H,5-8,11H2,(H,21,24). The molecule has 0 aliphatic carbocycles. The lowest BCUT2D eigenvalue weighted by atomic mass is 9.92. The number of nitrogens with zero attached hydrogens (tertiary/aromatic N) is 1. The second kappa shape index (κ2) is 6.35. The van der Waals surface area contributed by atoms with E-state index in [0.29, 0.717) is 42.9 Å². The molecule has 0 bridgehead atoms. The van der Waals surface area contributed by atoms with Crippen molar-refractivity contribution in [2.75, 3.05) is 18.4 Å². The molecule has 5 nitrogen and oxygen atoms in total. The van der Waals surface area contributed by atoms with Gasteiger partial charge in [0.25, 0.3) is 5.91 Å². The molecular weight excluding hydrogens is 358 g/mol. The summed E-state index contributed by atoms with van der Waals surface area (Å²) in [5.41, 5.74) is 0.873. The number of carbonyl (C=O) groups excluding carboxylic acids is 2. The highest BCUT2D eigenvalue weighted by Gasteiger charge is 2.40. The summed E-state index contributed by atoms with van der Waals surface area (Å²) in [6.45, 7) is 1.25. The number of thiophene rings is 1. The Balaban J connectivity index is 1.44. The molecular formula is C18H18ClN3O2S. The highest BCUT2D eigenvalue weighted by molar-refractivity contribution is 7.10. The highest BCUT2D eigenvalue weighted by atomic mass is 35.5. The topological polar surface area (TPSA) is 61.4 Å². The zero-order chi connectivity index (χ0) is 17.4. The number of hydrogen-bond donors (Lipinski definition) is 2. The number of anilines is 1. The third-order valence-corrected chi connectivity index (χ3v) is 5.94. The van der Waals surface area contributed by atoms with Gasteiger partial charge in [-0.1, -0.05) is 17.7 Å². The summed E-state index contributed by atoms with van der Waals surface area (Å²) in [5.74, 6) is 0.0289. The van der Waals surface area contributed by atoms with Crippen LogP contribution in [-0.4, -0.2) is 35.5 Å². The quantitative estimate of drug-likeness (QED) is 0.847. The summed E-state index contributed by atoms with van der Waals surface area (Å²) in [6.07, 6.45) is 1.81. The molecule has 4 rings (SSSR count). The van der Waals surface area contributed by atoms with Crippen molar-refractivity contribution in [3.8, 4) is 0 Å². The van der Waals surface area contributed by atoms with Crippen molar-refractivity contribution in [1.29, 1.82) is 0 Å². The van der Waals surface area contributed by atoms with E-state index in [9.17, 15) is 9.59 Å². The highest BCUT2D eigenvalue weighted by Crippen LogP contribution is 2.32. The molecule has 7 heteroatoms. The first-order chi connectivity index (χ1) is 12.0. The predicted molar refractivity (Wildman–Crippen MR) is 99.1 cm³/mol. The second-order valence-corrected chi connectivity index (χ2v) is 7.96. The molecule has 1 spiro atoms. The second-order valence-electron chi connectivity index (χ2n) is 6.49. The van der Waals surface area contributed by atoms with E-state index in [2.05, 4.69) is 10.6 Å². The smallest absolute Gasteiger partial charge is 0.255 e. The number of hydrogen-bond acceptors (Lipinski definition) is 4. The molecule has 2 aromatic rings. The van der Waals surface area contributed by atoms with Crippen LogP contribution in [0.25, 0.3) is 0 Å². The van der Waals surface area contributed by atoms with E-state index in [1.165, 1.54) is 0 Å². The Bertz CT molecular complexity index is 814.